The van der Waals surface area contributed by atoms with E-state index in [-0.39, 0.29) is 31.9 Å². The van der Waals surface area contributed by atoms with Gasteiger partial charge in [0.2, 0.25) is 0 Å². The molecule has 1 aromatic heterocycles. The van der Waals surface area contributed by atoms with E-state index >= 15 is 0 Å². The fraction of sp³-hybridized carbons (Fsp3) is 0.667. The van der Waals surface area contributed by atoms with Crippen molar-refractivity contribution in [1.82, 2.24) is 9.55 Å². The molecule has 0 bridgehead atoms. The van der Waals surface area contributed by atoms with E-state index in [0.29, 0.717) is 0 Å². The number of H-pyrrole nitrogens is 1. The van der Waals surface area contributed by atoms with Crippen LogP contribution >= 0.6 is 7.60 Å². The van der Waals surface area contributed by atoms with Crippen molar-refractivity contribution in [3.8, 4) is 12.3 Å². The summed E-state index contributed by atoms with van der Waals surface area (Å²) in [5.74, 6) is 1.73. The predicted octanol–water partition coefficient (Wildman–Crippen LogP) is 1.29. The Hall–Kier alpha value is -2.22. The van der Waals surface area contributed by atoms with Crippen LogP contribution in [-0.4, -0.2) is 60.3 Å². The Bertz CT molecular complexity index is 1070. The van der Waals surface area contributed by atoms with Gasteiger partial charge in [0, 0.05) is 31.7 Å². The maximum absolute atomic E-state index is 13.3. The standard InChI is InChI=1S/C21H29N2O9P/c1-6-21(4)14-12-33(27,29-10-8-15(28-5)18(25)31-13(2)3)30-11-16(14)32-19(21)23-9-7-17(24)22-20(23)26/h1,7,9,13-16,19H,8,10-12H2,2-5H3,(H,22,24,26)/t14-,15-,16-,19-,21-,33?/m1/s1. The topological polar surface area (TPSA) is 135 Å². The van der Waals surface area contributed by atoms with Crippen molar-refractivity contribution in [2.75, 3.05) is 26.5 Å². The zero-order valence-electron chi connectivity index (χ0n) is 19.0. The molecule has 2 saturated heterocycles. The normalized spacial score (nSPS) is 32.2. The number of esters is 1. The van der Waals surface area contributed by atoms with Crippen molar-refractivity contribution >= 4 is 13.6 Å². The summed E-state index contributed by atoms with van der Waals surface area (Å²) >= 11 is 0. The lowest BCUT2D eigenvalue weighted by molar-refractivity contribution is -0.160. The van der Waals surface area contributed by atoms with Gasteiger partial charge in [-0.2, -0.15) is 0 Å². The van der Waals surface area contributed by atoms with Crippen molar-refractivity contribution in [2.24, 2.45) is 11.3 Å². The third-order valence-corrected chi connectivity index (χ3v) is 7.83. The molecular weight excluding hydrogens is 455 g/mol. The Balaban J connectivity index is 1.71. The molecule has 0 spiro atoms. The molecule has 182 valence electrons. The fourth-order valence-electron chi connectivity index (χ4n) is 4.09. The third-order valence-electron chi connectivity index (χ3n) is 5.87. The second kappa shape index (κ2) is 9.95. The van der Waals surface area contributed by atoms with Crippen LogP contribution in [0.5, 0.6) is 0 Å². The van der Waals surface area contributed by atoms with Gasteiger partial charge in [0.1, 0.15) is 0 Å². The first kappa shape index (κ1) is 25.4. The van der Waals surface area contributed by atoms with E-state index in [2.05, 4.69) is 10.9 Å². The van der Waals surface area contributed by atoms with Crippen molar-refractivity contribution in [3.05, 3.63) is 33.1 Å². The molecule has 0 amide bonds. The molecule has 0 aromatic carbocycles. The van der Waals surface area contributed by atoms with Gasteiger partial charge in [-0.05, 0) is 20.8 Å². The summed E-state index contributed by atoms with van der Waals surface area (Å²) in [6.07, 6.45) is 4.70. The van der Waals surface area contributed by atoms with Gasteiger partial charge in [-0.1, -0.05) is 5.92 Å². The average Bonchev–Trinajstić information content (AvgIpc) is 3.03. The first-order valence-electron chi connectivity index (χ1n) is 10.6. The van der Waals surface area contributed by atoms with Crippen LogP contribution in [0.2, 0.25) is 0 Å². The molecule has 6 atom stereocenters. The van der Waals surface area contributed by atoms with Gasteiger partial charge >= 0.3 is 19.3 Å². The van der Waals surface area contributed by atoms with Crippen LogP contribution in [0.15, 0.2) is 21.9 Å². The molecule has 12 heteroatoms. The highest BCUT2D eigenvalue weighted by atomic mass is 31.2. The van der Waals surface area contributed by atoms with Crippen LogP contribution < -0.4 is 11.2 Å². The number of hydrogen-bond donors (Lipinski definition) is 1. The number of terminal acetylenes is 1. The number of aromatic nitrogens is 2. The SMILES string of the molecule is C#C[C@]1(C)[C@@H]2CP(=O)(OCC[C@@H](OC)C(=O)OC(C)C)OC[C@H]2O[C@H]1n1ccc(=O)[nH]c1=O. The number of carbonyl (C=O) groups excluding carboxylic acids is 1. The Morgan fingerprint density at radius 1 is 1.45 bits per heavy atom. The molecule has 2 aliphatic heterocycles. The van der Waals surface area contributed by atoms with Gasteiger partial charge in [-0.3, -0.25) is 18.9 Å². The van der Waals surface area contributed by atoms with Crippen molar-refractivity contribution in [3.63, 3.8) is 0 Å². The number of aromatic amines is 1. The van der Waals surface area contributed by atoms with Gasteiger partial charge in [0.05, 0.1) is 37.0 Å². The molecule has 3 rings (SSSR count). The van der Waals surface area contributed by atoms with Crippen molar-refractivity contribution < 1.29 is 32.6 Å². The van der Waals surface area contributed by atoms with Crippen molar-refractivity contribution in [1.29, 1.82) is 0 Å². The molecule has 1 unspecified atom stereocenters. The first-order valence-corrected chi connectivity index (χ1v) is 12.3. The average molecular weight is 484 g/mol. The summed E-state index contributed by atoms with van der Waals surface area (Å²) in [5, 5.41) is 0. The number of carbonyl (C=O) groups is 1. The lowest BCUT2D eigenvalue weighted by atomic mass is 9.77. The van der Waals surface area contributed by atoms with E-state index in [1.807, 2.05) is 0 Å². The van der Waals surface area contributed by atoms with Crippen LogP contribution in [0.25, 0.3) is 0 Å². The minimum atomic E-state index is -3.57. The van der Waals surface area contributed by atoms with Gasteiger partial charge in [0.25, 0.3) is 5.56 Å². The van der Waals surface area contributed by atoms with Gasteiger partial charge < -0.3 is 23.3 Å². The molecule has 0 radical (unpaired) electrons. The number of methoxy groups -OCH3 is 1. The van der Waals surface area contributed by atoms with Crippen LogP contribution in [-0.2, 0) is 32.6 Å². The van der Waals surface area contributed by atoms with E-state index in [1.165, 1.54) is 23.9 Å². The molecule has 33 heavy (non-hydrogen) atoms. The largest absolute Gasteiger partial charge is 0.461 e. The lowest BCUT2D eigenvalue weighted by Crippen LogP contribution is -2.40. The second-order valence-electron chi connectivity index (χ2n) is 8.50. The number of ether oxygens (including phenoxy) is 3. The summed E-state index contributed by atoms with van der Waals surface area (Å²) in [5.41, 5.74) is -2.22. The molecule has 0 saturated carbocycles. The smallest absolute Gasteiger partial charge is 0.335 e. The fourth-order valence-corrected chi connectivity index (χ4v) is 6.23. The van der Waals surface area contributed by atoms with Crippen LogP contribution in [0.4, 0.5) is 0 Å². The summed E-state index contributed by atoms with van der Waals surface area (Å²) < 4.78 is 41.9. The van der Waals surface area contributed by atoms with E-state index in [1.54, 1.807) is 20.8 Å². The summed E-state index contributed by atoms with van der Waals surface area (Å²) in [6.45, 7) is 5.09. The molecule has 0 aliphatic carbocycles. The molecule has 1 aromatic rings. The lowest BCUT2D eigenvalue weighted by Gasteiger charge is -2.35. The van der Waals surface area contributed by atoms with E-state index in [0.717, 1.165) is 0 Å². The van der Waals surface area contributed by atoms with Gasteiger partial charge in [-0.25, -0.2) is 9.59 Å². The molecule has 11 nitrogen and oxygen atoms in total. The zero-order chi connectivity index (χ0) is 24.4. The highest BCUT2D eigenvalue weighted by molar-refractivity contribution is 7.53. The highest BCUT2D eigenvalue weighted by Gasteiger charge is 2.58. The minimum absolute atomic E-state index is 0.0267. The Morgan fingerprint density at radius 2 is 2.18 bits per heavy atom. The zero-order valence-corrected chi connectivity index (χ0v) is 19.9. The first-order chi connectivity index (χ1) is 15.5. The van der Waals surface area contributed by atoms with E-state index in [9.17, 15) is 18.9 Å². The highest BCUT2D eigenvalue weighted by Crippen LogP contribution is 2.61. The maximum Gasteiger partial charge on any atom is 0.335 e. The molecule has 2 fully saturated rings. The molecule has 3 heterocycles. The third kappa shape index (κ3) is 5.31. The number of fused-ring (bicyclic) bond motifs is 1. The quantitative estimate of drug-likeness (QED) is 0.329. The van der Waals surface area contributed by atoms with Gasteiger partial charge in [0.15, 0.2) is 12.3 Å². The van der Waals surface area contributed by atoms with Crippen LogP contribution in [0.3, 0.4) is 0 Å². The number of nitrogens with one attached hydrogen (secondary N) is 1. The number of nitrogens with zero attached hydrogens (tertiary/aromatic N) is 1. The Morgan fingerprint density at radius 3 is 2.79 bits per heavy atom. The maximum atomic E-state index is 13.3. The number of rotatable bonds is 8. The second-order valence-corrected chi connectivity index (χ2v) is 10.6. The molecular formula is C21H29N2O9P. The van der Waals surface area contributed by atoms with E-state index in [4.69, 9.17) is 29.7 Å². The summed E-state index contributed by atoms with van der Waals surface area (Å²) in [4.78, 5) is 38.0. The minimum Gasteiger partial charge on any atom is -0.461 e. The Kier molecular flexibility index (Phi) is 7.66. The Labute approximate surface area is 191 Å². The van der Waals surface area contributed by atoms with Crippen LogP contribution in [0.1, 0.15) is 33.4 Å². The van der Waals surface area contributed by atoms with E-state index < -0.39 is 54.6 Å². The predicted molar refractivity (Wildman–Crippen MR) is 117 cm³/mol. The van der Waals surface area contributed by atoms with Gasteiger partial charge in [-0.15, -0.1) is 6.42 Å². The van der Waals surface area contributed by atoms with Crippen molar-refractivity contribution in [2.45, 2.75) is 51.7 Å². The molecule has 1 N–H and O–H groups in total. The molecule has 2 aliphatic rings. The summed E-state index contributed by atoms with van der Waals surface area (Å²) in [7, 11) is -2.19. The van der Waals surface area contributed by atoms with Crippen LogP contribution in [0, 0.1) is 23.7 Å². The monoisotopic (exact) mass is 484 g/mol. The number of hydrogen-bond acceptors (Lipinski definition) is 9. The summed E-state index contributed by atoms with van der Waals surface area (Å²) in [6, 6.07) is 1.20.